The minimum atomic E-state index is -0.977. The minimum Gasteiger partial charge on any atom is -0.480 e. The molecule has 0 fully saturated rings. The third kappa shape index (κ3) is 3.74. The van der Waals surface area contributed by atoms with Crippen molar-refractivity contribution in [2.45, 2.75) is 32.2 Å². The van der Waals surface area contributed by atoms with Crippen molar-refractivity contribution in [1.82, 2.24) is 10.2 Å². The predicted octanol–water partition coefficient (Wildman–Crippen LogP) is 1.48. The number of H-pyrrole nitrogens is 1. The monoisotopic (exact) mass is 259 g/mol. The number of carbonyl (C=O) groups is 1. The van der Waals surface area contributed by atoms with Gasteiger partial charge in [-0.15, -0.1) is 0 Å². The number of carboxylic acid groups (broad SMARTS) is 1. The third-order valence-electron chi connectivity index (χ3n) is 2.27. The van der Waals surface area contributed by atoms with Gasteiger partial charge in [0.05, 0.1) is 11.9 Å². The van der Waals surface area contributed by atoms with Gasteiger partial charge in [0.1, 0.15) is 11.1 Å². The fourth-order valence-corrected chi connectivity index (χ4v) is 1.48. The van der Waals surface area contributed by atoms with Crippen molar-refractivity contribution in [2.24, 2.45) is 0 Å². The second-order valence-electron chi connectivity index (χ2n) is 3.60. The number of aliphatic carboxylic acids is 1. The highest BCUT2D eigenvalue weighted by Gasteiger charge is 2.18. The molecule has 3 N–H and O–H groups in total. The van der Waals surface area contributed by atoms with Gasteiger partial charge in [-0.25, -0.2) is 9.89 Å². The van der Waals surface area contributed by atoms with Crippen LogP contribution in [0.25, 0.3) is 0 Å². The lowest BCUT2D eigenvalue weighted by Crippen LogP contribution is -2.30. The van der Waals surface area contributed by atoms with Gasteiger partial charge in [-0.2, -0.15) is 5.10 Å². The third-order valence-corrected chi connectivity index (χ3v) is 2.64. The number of anilines is 1. The lowest BCUT2D eigenvalue weighted by atomic mass is 10.1. The van der Waals surface area contributed by atoms with Crippen LogP contribution >= 0.6 is 11.6 Å². The van der Waals surface area contributed by atoms with Crippen LogP contribution in [0.4, 0.5) is 5.69 Å². The normalized spacial score (nSPS) is 12.1. The van der Waals surface area contributed by atoms with Gasteiger partial charge in [-0.1, -0.05) is 31.4 Å². The van der Waals surface area contributed by atoms with E-state index in [1.165, 1.54) is 6.20 Å². The van der Waals surface area contributed by atoms with E-state index < -0.39 is 17.6 Å². The number of carboxylic acids is 1. The van der Waals surface area contributed by atoms with Crippen molar-refractivity contribution in [3.8, 4) is 0 Å². The Morgan fingerprint density at radius 2 is 2.41 bits per heavy atom. The first kappa shape index (κ1) is 13.5. The van der Waals surface area contributed by atoms with E-state index in [9.17, 15) is 9.59 Å². The molecule has 0 saturated heterocycles. The maximum absolute atomic E-state index is 11.2. The first-order valence-electron chi connectivity index (χ1n) is 5.28. The van der Waals surface area contributed by atoms with Crippen molar-refractivity contribution in [2.75, 3.05) is 5.32 Å². The fraction of sp³-hybridized carbons (Fsp3) is 0.500. The zero-order valence-corrected chi connectivity index (χ0v) is 10.1. The van der Waals surface area contributed by atoms with Crippen molar-refractivity contribution in [1.29, 1.82) is 0 Å². The molecule has 1 heterocycles. The number of nitrogens with one attached hydrogen (secondary N) is 2. The van der Waals surface area contributed by atoms with Crippen molar-refractivity contribution in [3.63, 3.8) is 0 Å². The standard InChI is InChI=1S/C10H14ClN3O3/c1-2-3-4-6(10(16)17)13-7-5-12-14-9(15)8(7)11/h5-6H,2-4H2,1H3,(H,16,17)(H2,13,14,15)/t6-/m0/s1. The minimum absolute atomic E-state index is 0.0808. The van der Waals surface area contributed by atoms with Gasteiger partial charge in [-0.05, 0) is 6.42 Å². The summed E-state index contributed by atoms with van der Waals surface area (Å²) < 4.78 is 0. The Kier molecular flexibility index (Phi) is 4.96. The Morgan fingerprint density at radius 1 is 1.71 bits per heavy atom. The summed E-state index contributed by atoms with van der Waals surface area (Å²) in [5.74, 6) is -0.977. The second-order valence-corrected chi connectivity index (χ2v) is 3.98. The Labute approximate surface area is 103 Å². The van der Waals surface area contributed by atoms with Gasteiger partial charge in [0.15, 0.2) is 0 Å². The highest BCUT2D eigenvalue weighted by atomic mass is 35.5. The largest absolute Gasteiger partial charge is 0.480 e. The smallest absolute Gasteiger partial charge is 0.326 e. The zero-order valence-electron chi connectivity index (χ0n) is 9.36. The van der Waals surface area contributed by atoms with E-state index in [1.54, 1.807) is 0 Å². The summed E-state index contributed by atoms with van der Waals surface area (Å²) in [5, 5.41) is 17.4. The molecule has 94 valence electrons. The molecule has 1 atom stereocenters. The molecule has 0 amide bonds. The maximum Gasteiger partial charge on any atom is 0.326 e. The molecule has 1 rings (SSSR count). The molecular weight excluding hydrogens is 246 g/mol. The molecule has 0 saturated carbocycles. The molecule has 0 unspecified atom stereocenters. The average molecular weight is 260 g/mol. The summed E-state index contributed by atoms with van der Waals surface area (Å²) in [5.41, 5.74) is -0.310. The van der Waals surface area contributed by atoms with Gasteiger partial charge >= 0.3 is 5.97 Å². The molecule has 0 aromatic carbocycles. The van der Waals surface area contributed by atoms with Crippen LogP contribution in [0.2, 0.25) is 5.02 Å². The fourth-order valence-electron chi connectivity index (χ4n) is 1.34. The number of rotatable bonds is 6. The molecule has 0 aliphatic heterocycles. The predicted molar refractivity (Wildman–Crippen MR) is 64.4 cm³/mol. The highest BCUT2D eigenvalue weighted by molar-refractivity contribution is 6.32. The zero-order chi connectivity index (χ0) is 12.8. The van der Waals surface area contributed by atoms with E-state index in [4.69, 9.17) is 16.7 Å². The summed E-state index contributed by atoms with van der Waals surface area (Å²) in [4.78, 5) is 22.2. The maximum atomic E-state index is 11.2. The number of unbranched alkanes of at least 4 members (excludes halogenated alkanes) is 1. The molecular formula is C10H14ClN3O3. The first-order valence-corrected chi connectivity index (χ1v) is 5.66. The Hall–Kier alpha value is -1.56. The lowest BCUT2D eigenvalue weighted by Gasteiger charge is -2.15. The van der Waals surface area contributed by atoms with Crippen molar-refractivity contribution >= 4 is 23.3 Å². The lowest BCUT2D eigenvalue weighted by molar-refractivity contribution is -0.138. The summed E-state index contributed by atoms with van der Waals surface area (Å²) in [6.07, 6.45) is 3.44. The molecule has 0 aliphatic carbocycles. The van der Waals surface area contributed by atoms with Crippen LogP contribution in [-0.2, 0) is 4.79 Å². The average Bonchev–Trinajstić information content (AvgIpc) is 2.29. The summed E-state index contributed by atoms with van der Waals surface area (Å²) in [6.45, 7) is 1.97. The molecule has 0 radical (unpaired) electrons. The number of hydrogen-bond acceptors (Lipinski definition) is 4. The Bertz CT molecular complexity index is 447. The van der Waals surface area contributed by atoms with Gasteiger partial charge in [-0.3, -0.25) is 4.79 Å². The SMILES string of the molecule is CCCC[C@H](Nc1cn[nH]c(=O)c1Cl)C(=O)O. The van der Waals surface area contributed by atoms with Crippen molar-refractivity contribution < 1.29 is 9.90 Å². The van der Waals surface area contributed by atoms with E-state index in [-0.39, 0.29) is 10.7 Å². The molecule has 17 heavy (non-hydrogen) atoms. The topological polar surface area (TPSA) is 95.1 Å². The van der Waals surface area contributed by atoms with Crippen LogP contribution in [0.3, 0.4) is 0 Å². The molecule has 0 bridgehead atoms. The van der Waals surface area contributed by atoms with Crippen LogP contribution in [0.5, 0.6) is 0 Å². The molecule has 6 nitrogen and oxygen atoms in total. The van der Waals surface area contributed by atoms with Crippen LogP contribution in [-0.4, -0.2) is 27.3 Å². The summed E-state index contributed by atoms with van der Waals surface area (Å²) in [6, 6.07) is -0.768. The summed E-state index contributed by atoms with van der Waals surface area (Å²) >= 11 is 5.74. The number of aromatic nitrogens is 2. The highest BCUT2D eigenvalue weighted by Crippen LogP contribution is 2.17. The number of hydrogen-bond donors (Lipinski definition) is 3. The Balaban J connectivity index is 2.82. The van der Waals surface area contributed by atoms with E-state index in [1.807, 2.05) is 6.92 Å². The van der Waals surface area contributed by atoms with Crippen LogP contribution in [0, 0.1) is 0 Å². The molecule has 7 heteroatoms. The van der Waals surface area contributed by atoms with E-state index >= 15 is 0 Å². The van der Waals surface area contributed by atoms with Gasteiger partial charge in [0, 0.05) is 0 Å². The first-order chi connectivity index (χ1) is 8.06. The quantitative estimate of drug-likeness (QED) is 0.719. The number of halogens is 1. The second kappa shape index (κ2) is 6.24. The van der Waals surface area contributed by atoms with Gasteiger partial charge in [0.2, 0.25) is 0 Å². The van der Waals surface area contributed by atoms with E-state index in [2.05, 4.69) is 15.5 Å². The molecule has 1 aromatic rings. The van der Waals surface area contributed by atoms with E-state index in [0.717, 1.165) is 12.8 Å². The van der Waals surface area contributed by atoms with E-state index in [0.29, 0.717) is 6.42 Å². The van der Waals surface area contributed by atoms with Crippen LogP contribution in [0.15, 0.2) is 11.0 Å². The summed E-state index contributed by atoms with van der Waals surface area (Å²) in [7, 11) is 0. The van der Waals surface area contributed by atoms with Gasteiger partial charge in [0.25, 0.3) is 5.56 Å². The number of aromatic amines is 1. The van der Waals surface area contributed by atoms with Crippen LogP contribution in [0.1, 0.15) is 26.2 Å². The molecule has 1 aromatic heterocycles. The molecule has 0 spiro atoms. The van der Waals surface area contributed by atoms with Crippen molar-refractivity contribution in [3.05, 3.63) is 21.6 Å². The van der Waals surface area contributed by atoms with Crippen LogP contribution < -0.4 is 10.9 Å². The Morgan fingerprint density at radius 3 is 3.00 bits per heavy atom. The molecule has 0 aliphatic rings. The van der Waals surface area contributed by atoms with Gasteiger partial charge < -0.3 is 10.4 Å². The number of nitrogens with zero attached hydrogens (tertiary/aromatic N) is 1.